The van der Waals surface area contributed by atoms with E-state index in [1.54, 1.807) is 36.4 Å². The van der Waals surface area contributed by atoms with Crippen LogP contribution in [-0.4, -0.2) is 45.4 Å². The van der Waals surface area contributed by atoms with Gasteiger partial charge in [-0.05, 0) is 50.2 Å². The SMILES string of the molecule is O=C(CCn1nnc2ccccc2c1=O)NC[C@@H](c1c(F)cccc1Cl)N1CCCC1. The summed E-state index contributed by atoms with van der Waals surface area (Å²) < 4.78 is 15.7. The molecule has 162 valence electrons. The van der Waals surface area contributed by atoms with Crippen LogP contribution in [0.15, 0.2) is 47.3 Å². The summed E-state index contributed by atoms with van der Waals surface area (Å²) in [5, 5.41) is 11.6. The molecule has 0 spiro atoms. The van der Waals surface area contributed by atoms with Crippen molar-refractivity contribution >= 4 is 28.4 Å². The first-order valence-electron chi connectivity index (χ1n) is 10.3. The molecule has 2 aromatic carbocycles. The maximum Gasteiger partial charge on any atom is 0.277 e. The highest BCUT2D eigenvalue weighted by atomic mass is 35.5. The second kappa shape index (κ2) is 9.53. The molecule has 1 fully saturated rings. The number of benzene rings is 2. The minimum atomic E-state index is -0.378. The Labute approximate surface area is 183 Å². The fourth-order valence-electron chi connectivity index (χ4n) is 3.97. The Morgan fingerprint density at radius 3 is 2.71 bits per heavy atom. The smallest absolute Gasteiger partial charge is 0.277 e. The molecule has 3 aromatic rings. The normalized spacial score (nSPS) is 15.3. The number of halogens is 2. The zero-order valence-corrected chi connectivity index (χ0v) is 17.7. The van der Waals surface area contributed by atoms with Gasteiger partial charge < -0.3 is 5.32 Å². The summed E-state index contributed by atoms with van der Waals surface area (Å²) in [6.45, 7) is 2.00. The van der Waals surface area contributed by atoms with Crippen molar-refractivity contribution in [3.8, 4) is 0 Å². The number of nitrogens with zero attached hydrogens (tertiary/aromatic N) is 4. The van der Waals surface area contributed by atoms with E-state index in [9.17, 15) is 14.0 Å². The summed E-state index contributed by atoms with van der Waals surface area (Å²) in [4.78, 5) is 27.1. The Morgan fingerprint density at radius 1 is 1.16 bits per heavy atom. The van der Waals surface area contributed by atoms with Gasteiger partial charge in [0.2, 0.25) is 5.91 Å². The van der Waals surface area contributed by atoms with Crippen molar-refractivity contribution < 1.29 is 9.18 Å². The number of rotatable bonds is 7. The molecule has 1 saturated heterocycles. The Morgan fingerprint density at radius 2 is 1.94 bits per heavy atom. The molecule has 1 amide bonds. The van der Waals surface area contributed by atoms with Gasteiger partial charge in [-0.15, -0.1) is 5.10 Å². The van der Waals surface area contributed by atoms with Gasteiger partial charge in [-0.25, -0.2) is 9.07 Å². The molecule has 1 atom stereocenters. The lowest BCUT2D eigenvalue weighted by molar-refractivity contribution is -0.121. The molecule has 0 unspecified atom stereocenters. The molecule has 4 rings (SSSR count). The van der Waals surface area contributed by atoms with E-state index in [0.29, 0.717) is 21.5 Å². The van der Waals surface area contributed by atoms with Crippen molar-refractivity contribution in [2.24, 2.45) is 0 Å². The van der Waals surface area contributed by atoms with Crippen molar-refractivity contribution in [3.05, 3.63) is 69.2 Å². The van der Waals surface area contributed by atoms with Gasteiger partial charge >= 0.3 is 0 Å². The van der Waals surface area contributed by atoms with Crippen molar-refractivity contribution in [1.82, 2.24) is 25.2 Å². The first-order chi connectivity index (χ1) is 15.0. The molecule has 9 heteroatoms. The Balaban J connectivity index is 1.43. The number of amides is 1. The van der Waals surface area contributed by atoms with E-state index in [1.165, 1.54) is 10.7 Å². The number of carbonyl (C=O) groups is 1. The van der Waals surface area contributed by atoms with E-state index in [2.05, 4.69) is 20.5 Å². The largest absolute Gasteiger partial charge is 0.354 e. The average molecular weight is 444 g/mol. The van der Waals surface area contributed by atoms with Crippen molar-refractivity contribution in [2.75, 3.05) is 19.6 Å². The van der Waals surface area contributed by atoms with Crippen LogP contribution in [0.3, 0.4) is 0 Å². The van der Waals surface area contributed by atoms with Crippen LogP contribution >= 0.6 is 11.6 Å². The van der Waals surface area contributed by atoms with Gasteiger partial charge in [0.15, 0.2) is 0 Å². The first kappa shape index (κ1) is 21.4. The van der Waals surface area contributed by atoms with Crippen molar-refractivity contribution in [3.63, 3.8) is 0 Å². The standard InChI is InChI=1S/C22H23ClFN5O2/c23-16-7-5-8-17(24)21(16)19(28-11-3-4-12-28)14-25-20(30)10-13-29-22(31)15-6-1-2-9-18(15)26-27-29/h1-2,5-9,19H,3-4,10-14H2,(H,25,30)/t19-/m0/s1. The monoisotopic (exact) mass is 443 g/mol. The van der Waals surface area contributed by atoms with Crippen LogP contribution in [0, 0.1) is 5.82 Å². The van der Waals surface area contributed by atoms with Crippen LogP contribution in [0.5, 0.6) is 0 Å². The number of aryl methyl sites for hydroxylation is 1. The Kier molecular flexibility index (Phi) is 6.58. The summed E-state index contributed by atoms with van der Waals surface area (Å²) in [7, 11) is 0. The van der Waals surface area contributed by atoms with Crippen LogP contribution in [0.2, 0.25) is 5.02 Å². The molecule has 7 nitrogen and oxygen atoms in total. The summed E-state index contributed by atoms with van der Waals surface area (Å²) in [5.74, 6) is -0.629. The topological polar surface area (TPSA) is 80.1 Å². The lowest BCUT2D eigenvalue weighted by Gasteiger charge is -2.29. The molecular weight excluding hydrogens is 421 g/mol. The predicted octanol–water partition coefficient (Wildman–Crippen LogP) is 2.93. The average Bonchev–Trinajstić information content (AvgIpc) is 3.30. The van der Waals surface area contributed by atoms with Gasteiger partial charge in [-0.3, -0.25) is 14.5 Å². The molecule has 0 radical (unpaired) electrons. The number of aromatic nitrogens is 3. The fourth-order valence-corrected chi connectivity index (χ4v) is 4.26. The van der Waals surface area contributed by atoms with Crippen LogP contribution in [-0.2, 0) is 11.3 Å². The summed E-state index contributed by atoms with van der Waals surface area (Å²) in [6.07, 6.45) is 2.12. The molecule has 0 saturated carbocycles. The highest BCUT2D eigenvalue weighted by Gasteiger charge is 2.28. The third-order valence-corrected chi connectivity index (χ3v) is 5.92. The van der Waals surface area contributed by atoms with Gasteiger partial charge in [-0.1, -0.05) is 35.0 Å². The summed E-state index contributed by atoms with van der Waals surface area (Å²) >= 11 is 6.29. The van der Waals surface area contributed by atoms with Crippen LogP contribution in [0.25, 0.3) is 10.9 Å². The molecule has 31 heavy (non-hydrogen) atoms. The molecule has 1 aliphatic heterocycles. The number of hydrogen-bond acceptors (Lipinski definition) is 5. The molecule has 0 aliphatic carbocycles. The number of carbonyl (C=O) groups excluding carboxylic acids is 1. The molecule has 1 N–H and O–H groups in total. The van der Waals surface area contributed by atoms with E-state index in [0.717, 1.165) is 25.9 Å². The summed E-state index contributed by atoms with van der Waals surface area (Å²) in [5.41, 5.74) is 0.637. The number of fused-ring (bicyclic) bond motifs is 1. The second-order valence-electron chi connectivity index (χ2n) is 7.58. The van der Waals surface area contributed by atoms with Crippen LogP contribution in [0.1, 0.15) is 30.9 Å². The third-order valence-electron chi connectivity index (χ3n) is 5.59. The molecule has 1 aromatic heterocycles. The minimum Gasteiger partial charge on any atom is -0.354 e. The molecule has 2 heterocycles. The van der Waals surface area contributed by atoms with E-state index < -0.39 is 0 Å². The fraction of sp³-hybridized carbons (Fsp3) is 0.364. The predicted molar refractivity (Wildman–Crippen MR) is 116 cm³/mol. The van der Waals surface area contributed by atoms with E-state index in [4.69, 9.17) is 11.6 Å². The van der Waals surface area contributed by atoms with Crippen molar-refractivity contribution in [2.45, 2.75) is 31.8 Å². The maximum atomic E-state index is 14.5. The first-order valence-corrected chi connectivity index (χ1v) is 10.7. The van der Waals surface area contributed by atoms with Gasteiger partial charge in [0.05, 0.1) is 18.0 Å². The lowest BCUT2D eigenvalue weighted by Crippen LogP contribution is -2.38. The molecule has 0 bridgehead atoms. The summed E-state index contributed by atoms with van der Waals surface area (Å²) in [6, 6.07) is 11.2. The van der Waals surface area contributed by atoms with Crippen LogP contribution < -0.4 is 10.9 Å². The highest BCUT2D eigenvalue weighted by Crippen LogP contribution is 2.31. The quantitative estimate of drug-likeness (QED) is 0.607. The van der Waals surface area contributed by atoms with E-state index in [-0.39, 0.29) is 42.8 Å². The second-order valence-corrected chi connectivity index (χ2v) is 7.99. The highest BCUT2D eigenvalue weighted by molar-refractivity contribution is 6.31. The number of nitrogens with one attached hydrogen (secondary N) is 1. The molecule has 1 aliphatic rings. The third kappa shape index (κ3) is 4.75. The number of likely N-dealkylation sites (tertiary alicyclic amines) is 1. The zero-order chi connectivity index (χ0) is 21.8. The zero-order valence-electron chi connectivity index (χ0n) is 16.9. The van der Waals surface area contributed by atoms with Gasteiger partial charge in [-0.2, -0.15) is 0 Å². The lowest BCUT2D eigenvalue weighted by atomic mass is 10.0. The minimum absolute atomic E-state index is 0.0602. The van der Waals surface area contributed by atoms with Gasteiger partial charge in [0.25, 0.3) is 5.56 Å². The van der Waals surface area contributed by atoms with E-state index in [1.807, 2.05) is 0 Å². The van der Waals surface area contributed by atoms with E-state index >= 15 is 0 Å². The van der Waals surface area contributed by atoms with Crippen LogP contribution in [0.4, 0.5) is 4.39 Å². The Bertz CT molecular complexity index is 1130. The maximum absolute atomic E-state index is 14.5. The van der Waals surface area contributed by atoms with Gasteiger partial charge in [0.1, 0.15) is 11.3 Å². The molecular formula is C22H23ClFN5O2. The van der Waals surface area contributed by atoms with Gasteiger partial charge in [0, 0.05) is 23.6 Å². The van der Waals surface area contributed by atoms with Crippen molar-refractivity contribution in [1.29, 1.82) is 0 Å². The number of hydrogen-bond donors (Lipinski definition) is 1. The Hall–Kier alpha value is -2.84.